The van der Waals surface area contributed by atoms with Gasteiger partial charge in [0.2, 0.25) is 0 Å². The third kappa shape index (κ3) is 5.05. The molecule has 0 spiro atoms. The highest BCUT2D eigenvalue weighted by Gasteiger charge is 2.09. The lowest BCUT2D eigenvalue weighted by molar-refractivity contribution is 0.0506. The van der Waals surface area contributed by atoms with Gasteiger partial charge < -0.3 is 16.2 Å². The fourth-order valence-corrected chi connectivity index (χ4v) is 2.01. The molecule has 0 aromatic heterocycles. The Balaban J connectivity index is 2.51. The summed E-state index contributed by atoms with van der Waals surface area (Å²) in [4.78, 5) is 11.6. The fourth-order valence-electron chi connectivity index (χ4n) is 1.36. The molecular formula is C11H16N2O4S. The van der Waals surface area contributed by atoms with Crippen LogP contribution in [-0.2, 0) is 14.6 Å². The van der Waals surface area contributed by atoms with E-state index in [4.69, 9.17) is 16.2 Å². The molecule has 18 heavy (non-hydrogen) atoms. The summed E-state index contributed by atoms with van der Waals surface area (Å²) in [5, 5.41) is 0. The zero-order chi connectivity index (χ0) is 13.8. The quantitative estimate of drug-likeness (QED) is 0.457. The number of esters is 1. The van der Waals surface area contributed by atoms with Crippen LogP contribution < -0.4 is 11.5 Å². The Morgan fingerprint density at radius 3 is 2.28 bits per heavy atom. The van der Waals surface area contributed by atoms with Crippen molar-refractivity contribution in [2.45, 2.75) is 6.42 Å². The molecule has 1 aromatic carbocycles. The van der Waals surface area contributed by atoms with Gasteiger partial charge in [-0.3, -0.25) is 0 Å². The topological polar surface area (TPSA) is 112 Å². The number of hydrogen-bond donors (Lipinski definition) is 2. The molecule has 0 aliphatic rings. The van der Waals surface area contributed by atoms with E-state index in [1.165, 1.54) is 18.2 Å². The maximum Gasteiger partial charge on any atom is 0.338 e. The van der Waals surface area contributed by atoms with Crippen molar-refractivity contribution in [1.29, 1.82) is 0 Å². The lowest BCUT2D eigenvalue weighted by atomic mass is 10.2. The van der Waals surface area contributed by atoms with Crippen molar-refractivity contribution in [3.63, 3.8) is 0 Å². The molecule has 0 bridgehead atoms. The molecule has 1 rings (SSSR count). The maximum absolute atomic E-state index is 11.6. The number of carbonyl (C=O) groups is 1. The van der Waals surface area contributed by atoms with Gasteiger partial charge in [-0.1, -0.05) is 0 Å². The Labute approximate surface area is 106 Å². The Morgan fingerprint density at radius 1 is 1.22 bits per heavy atom. The van der Waals surface area contributed by atoms with Gasteiger partial charge in [0.25, 0.3) is 0 Å². The van der Waals surface area contributed by atoms with Gasteiger partial charge in [-0.05, 0) is 24.6 Å². The number of ether oxygens (including phenoxy) is 1. The number of anilines is 2. The molecule has 0 radical (unpaired) electrons. The molecule has 4 N–H and O–H groups in total. The number of nitrogens with two attached hydrogens (primary N) is 2. The Bertz CT molecular complexity index is 520. The lowest BCUT2D eigenvalue weighted by Gasteiger charge is -2.06. The highest BCUT2D eigenvalue weighted by atomic mass is 32.2. The summed E-state index contributed by atoms with van der Waals surface area (Å²) in [7, 11) is -3.03. The Hall–Kier alpha value is -1.76. The van der Waals surface area contributed by atoms with Gasteiger partial charge in [-0.15, -0.1) is 0 Å². The maximum atomic E-state index is 11.6. The molecule has 0 amide bonds. The Kier molecular flexibility index (Phi) is 4.55. The van der Waals surface area contributed by atoms with E-state index in [1.54, 1.807) is 0 Å². The number of nitrogen functional groups attached to an aromatic ring is 2. The second kappa shape index (κ2) is 5.72. The first-order chi connectivity index (χ1) is 8.28. The van der Waals surface area contributed by atoms with Crippen LogP contribution in [0.2, 0.25) is 0 Å². The zero-order valence-corrected chi connectivity index (χ0v) is 10.9. The van der Waals surface area contributed by atoms with Crippen LogP contribution in [0.3, 0.4) is 0 Å². The molecule has 0 saturated heterocycles. The molecule has 0 aliphatic carbocycles. The summed E-state index contributed by atoms with van der Waals surface area (Å²) in [6.45, 7) is 0.0423. The number of rotatable bonds is 5. The van der Waals surface area contributed by atoms with E-state index in [0.717, 1.165) is 6.26 Å². The van der Waals surface area contributed by atoms with Gasteiger partial charge in [-0.25, -0.2) is 13.2 Å². The van der Waals surface area contributed by atoms with Gasteiger partial charge >= 0.3 is 5.97 Å². The standard InChI is InChI=1S/C11H16N2O4S/c1-18(15,16)4-2-3-17-11(14)8-5-9(12)7-10(13)6-8/h5-7H,2-4,12-13H2,1H3. The third-order valence-corrected chi connectivity index (χ3v) is 3.14. The highest BCUT2D eigenvalue weighted by Crippen LogP contribution is 2.14. The lowest BCUT2D eigenvalue weighted by Crippen LogP contribution is -2.11. The first kappa shape index (κ1) is 14.3. The average Bonchev–Trinajstić information content (AvgIpc) is 2.21. The van der Waals surface area contributed by atoms with Crippen molar-refractivity contribution in [2.75, 3.05) is 30.1 Å². The van der Waals surface area contributed by atoms with Crippen molar-refractivity contribution in [2.24, 2.45) is 0 Å². The predicted molar refractivity (Wildman–Crippen MR) is 69.9 cm³/mol. The molecule has 0 aliphatic heterocycles. The second-order valence-electron chi connectivity index (χ2n) is 4.01. The van der Waals surface area contributed by atoms with Crippen molar-refractivity contribution in [3.05, 3.63) is 23.8 Å². The summed E-state index contributed by atoms with van der Waals surface area (Å²) < 4.78 is 26.6. The van der Waals surface area contributed by atoms with Crippen molar-refractivity contribution < 1.29 is 17.9 Å². The van der Waals surface area contributed by atoms with E-state index in [0.29, 0.717) is 11.4 Å². The number of hydrogen-bond acceptors (Lipinski definition) is 6. The molecule has 0 unspecified atom stereocenters. The molecular weight excluding hydrogens is 256 g/mol. The minimum Gasteiger partial charge on any atom is -0.462 e. The van der Waals surface area contributed by atoms with Crippen molar-refractivity contribution in [3.8, 4) is 0 Å². The van der Waals surface area contributed by atoms with Crippen molar-refractivity contribution in [1.82, 2.24) is 0 Å². The fraction of sp³-hybridized carbons (Fsp3) is 0.364. The van der Waals surface area contributed by atoms with Crippen LogP contribution in [0.1, 0.15) is 16.8 Å². The van der Waals surface area contributed by atoms with Gasteiger partial charge in [0.1, 0.15) is 9.84 Å². The minimum absolute atomic E-state index is 0.0145. The predicted octanol–water partition coefficient (Wildman–Crippen LogP) is 0.442. The molecule has 0 fully saturated rings. The van der Waals surface area contributed by atoms with Gasteiger partial charge in [0, 0.05) is 17.6 Å². The smallest absolute Gasteiger partial charge is 0.338 e. The molecule has 0 saturated carbocycles. The number of carbonyl (C=O) groups excluding carboxylic acids is 1. The van der Waals surface area contributed by atoms with Crippen LogP contribution in [0.25, 0.3) is 0 Å². The molecule has 0 atom stereocenters. The molecule has 0 heterocycles. The normalized spacial score (nSPS) is 11.2. The highest BCUT2D eigenvalue weighted by molar-refractivity contribution is 7.90. The van der Waals surface area contributed by atoms with E-state index < -0.39 is 15.8 Å². The van der Waals surface area contributed by atoms with Crippen LogP contribution >= 0.6 is 0 Å². The van der Waals surface area contributed by atoms with E-state index in [9.17, 15) is 13.2 Å². The van der Waals surface area contributed by atoms with Crippen LogP contribution in [-0.4, -0.2) is 33.0 Å². The summed E-state index contributed by atoms with van der Waals surface area (Å²) in [6.07, 6.45) is 1.40. The first-order valence-electron chi connectivity index (χ1n) is 5.29. The largest absolute Gasteiger partial charge is 0.462 e. The number of sulfone groups is 1. The number of benzene rings is 1. The molecule has 6 nitrogen and oxygen atoms in total. The average molecular weight is 272 g/mol. The molecule has 1 aromatic rings. The van der Waals surface area contributed by atoms with Gasteiger partial charge in [0.15, 0.2) is 0 Å². The minimum atomic E-state index is -3.03. The van der Waals surface area contributed by atoms with E-state index >= 15 is 0 Å². The second-order valence-corrected chi connectivity index (χ2v) is 6.27. The van der Waals surface area contributed by atoms with Gasteiger partial charge in [-0.2, -0.15) is 0 Å². The summed E-state index contributed by atoms with van der Waals surface area (Å²) >= 11 is 0. The summed E-state index contributed by atoms with van der Waals surface area (Å²) in [5.41, 5.74) is 12.1. The van der Waals surface area contributed by atoms with Crippen molar-refractivity contribution >= 4 is 27.2 Å². The zero-order valence-electron chi connectivity index (χ0n) is 10.0. The summed E-state index contributed by atoms with van der Waals surface area (Å²) in [5.74, 6) is -0.582. The third-order valence-electron chi connectivity index (χ3n) is 2.11. The monoisotopic (exact) mass is 272 g/mol. The van der Waals surface area contributed by atoms with Crippen LogP contribution in [0.5, 0.6) is 0 Å². The Morgan fingerprint density at radius 2 is 1.78 bits per heavy atom. The van der Waals surface area contributed by atoms with E-state index in [-0.39, 0.29) is 24.3 Å². The van der Waals surface area contributed by atoms with E-state index in [2.05, 4.69) is 0 Å². The first-order valence-corrected chi connectivity index (χ1v) is 7.35. The van der Waals surface area contributed by atoms with Crippen LogP contribution in [0.15, 0.2) is 18.2 Å². The van der Waals surface area contributed by atoms with Crippen LogP contribution in [0, 0.1) is 0 Å². The van der Waals surface area contributed by atoms with E-state index in [1.807, 2.05) is 0 Å². The van der Waals surface area contributed by atoms with Crippen LogP contribution in [0.4, 0.5) is 11.4 Å². The molecule has 100 valence electrons. The summed E-state index contributed by atoms with van der Waals surface area (Å²) in [6, 6.07) is 4.44. The SMILES string of the molecule is CS(=O)(=O)CCCOC(=O)c1cc(N)cc(N)c1. The molecule has 7 heteroatoms. The van der Waals surface area contributed by atoms with Gasteiger partial charge in [0.05, 0.1) is 17.9 Å².